The van der Waals surface area contributed by atoms with E-state index in [1.807, 2.05) is 0 Å². The predicted molar refractivity (Wildman–Crippen MR) is 99.6 cm³/mol. The van der Waals surface area contributed by atoms with Crippen molar-refractivity contribution in [1.29, 1.82) is 0 Å². The van der Waals surface area contributed by atoms with Gasteiger partial charge in [0.2, 0.25) is 0 Å². The number of ketones is 2. The normalized spacial score (nSPS) is 46.7. The summed E-state index contributed by atoms with van der Waals surface area (Å²) in [7, 11) is 0. The van der Waals surface area contributed by atoms with E-state index in [9.17, 15) is 9.59 Å². The monoisotopic (exact) mass is 360 g/mol. The van der Waals surface area contributed by atoms with Crippen molar-refractivity contribution < 1.29 is 14.4 Å². The fourth-order valence-electron chi connectivity index (χ4n) is 6.89. The van der Waals surface area contributed by atoms with Gasteiger partial charge in [-0.25, -0.2) is 0 Å². The molecule has 0 aromatic heterocycles. The third-order valence-corrected chi connectivity index (χ3v) is 8.41. The summed E-state index contributed by atoms with van der Waals surface area (Å²) >= 11 is 0. The molecule has 0 aromatic rings. The van der Waals surface area contributed by atoms with Crippen LogP contribution in [0.1, 0.15) is 65.2 Å². The molecule has 0 bridgehead atoms. The predicted octanol–water partition coefficient (Wildman–Crippen LogP) is 3.11. The van der Waals surface area contributed by atoms with Gasteiger partial charge in [0, 0.05) is 30.7 Å². The van der Waals surface area contributed by atoms with Gasteiger partial charge in [0.25, 0.3) is 0 Å². The van der Waals surface area contributed by atoms with Crippen LogP contribution in [0.2, 0.25) is 0 Å². The van der Waals surface area contributed by atoms with Crippen LogP contribution in [0.4, 0.5) is 0 Å². The Balaban J connectivity index is 1.57. The zero-order chi connectivity index (χ0) is 18.5. The summed E-state index contributed by atoms with van der Waals surface area (Å²) in [6.07, 6.45) is 7.13. The number of oxime groups is 1. The number of nitrogens with two attached hydrogens (primary N) is 1. The lowest BCUT2D eigenvalue weighted by Crippen LogP contribution is -2.56. The summed E-state index contributed by atoms with van der Waals surface area (Å²) in [5, 5.41) is 4.25. The van der Waals surface area contributed by atoms with Crippen molar-refractivity contribution in [1.82, 2.24) is 0 Å². The number of carbonyl (C=O) groups excluding carboxylic acids is 2. The Hall–Kier alpha value is -1.23. The van der Waals surface area contributed by atoms with E-state index in [0.29, 0.717) is 55.3 Å². The SMILES string of the molecule is C[C@]12CC/C(=N/OCCN)CC1C(=O)C[C@@H]1[C@H]2CC[C@]2(C)C(=O)CC[C@@H]12. The van der Waals surface area contributed by atoms with E-state index < -0.39 is 0 Å². The Labute approximate surface area is 156 Å². The first-order valence-electron chi connectivity index (χ1n) is 10.3. The van der Waals surface area contributed by atoms with Crippen molar-refractivity contribution >= 4 is 17.3 Å². The number of fused-ring (bicyclic) bond motifs is 5. The van der Waals surface area contributed by atoms with Crippen LogP contribution in [-0.4, -0.2) is 30.4 Å². The van der Waals surface area contributed by atoms with Crippen molar-refractivity contribution in [2.24, 2.45) is 45.4 Å². The maximum absolute atomic E-state index is 13.1. The molecule has 0 radical (unpaired) electrons. The molecule has 4 aliphatic carbocycles. The van der Waals surface area contributed by atoms with Gasteiger partial charge in [-0.15, -0.1) is 0 Å². The van der Waals surface area contributed by atoms with Crippen LogP contribution in [0.15, 0.2) is 5.16 Å². The highest BCUT2D eigenvalue weighted by molar-refractivity contribution is 5.93. The molecule has 4 saturated carbocycles. The van der Waals surface area contributed by atoms with Crippen LogP contribution < -0.4 is 5.73 Å². The highest BCUT2D eigenvalue weighted by atomic mass is 16.6. The van der Waals surface area contributed by atoms with Crippen LogP contribution >= 0.6 is 0 Å². The van der Waals surface area contributed by atoms with E-state index in [0.717, 1.165) is 44.2 Å². The molecule has 4 rings (SSSR count). The minimum atomic E-state index is -0.165. The van der Waals surface area contributed by atoms with Crippen molar-refractivity contribution in [3.63, 3.8) is 0 Å². The zero-order valence-corrected chi connectivity index (χ0v) is 16.1. The molecule has 5 heteroatoms. The molecule has 1 unspecified atom stereocenters. The summed E-state index contributed by atoms with van der Waals surface area (Å²) in [6.45, 7) is 5.39. The minimum Gasteiger partial charge on any atom is -0.395 e. The molecule has 0 heterocycles. The van der Waals surface area contributed by atoms with Gasteiger partial charge in [0.05, 0.1) is 5.71 Å². The van der Waals surface area contributed by atoms with E-state index in [1.165, 1.54) is 0 Å². The lowest BCUT2D eigenvalue weighted by molar-refractivity contribution is -0.152. The minimum absolute atomic E-state index is 0.0554. The molecule has 0 saturated heterocycles. The molecular weight excluding hydrogens is 328 g/mol. The fourth-order valence-corrected chi connectivity index (χ4v) is 6.89. The average molecular weight is 360 g/mol. The van der Waals surface area contributed by atoms with Gasteiger partial charge in [-0.2, -0.15) is 0 Å². The first-order chi connectivity index (χ1) is 12.4. The van der Waals surface area contributed by atoms with Crippen LogP contribution in [0.3, 0.4) is 0 Å². The molecule has 0 spiro atoms. The maximum Gasteiger partial charge on any atom is 0.139 e. The third-order valence-electron chi connectivity index (χ3n) is 8.41. The molecule has 0 aromatic carbocycles. The Morgan fingerprint density at radius 1 is 1.12 bits per heavy atom. The molecule has 2 N–H and O–H groups in total. The second-order valence-electron chi connectivity index (χ2n) is 9.51. The van der Waals surface area contributed by atoms with Crippen LogP contribution in [0, 0.1) is 34.5 Å². The smallest absolute Gasteiger partial charge is 0.139 e. The molecule has 26 heavy (non-hydrogen) atoms. The second kappa shape index (κ2) is 6.43. The van der Waals surface area contributed by atoms with Crippen molar-refractivity contribution in [3.8, 4) is 0 Å². The molecule has 4 fully saturated rings. The molecular formula is C21H32N2O3. The van der Waals surface area contributed by atoms with E-state index >= 15 is 0 Å². The third kappa shape index (κ3) is 2.57. The van der Waals surface area contributed by atoms with Crippen LogP contribution in [0.25, 0.3) is 0 Å². The summed E-state index contributed by atoms with van der Waals surface area (Å²) in [5.41, 5.74) is 6.37. The van der Waals surface area contributed by atoms with E-state index in [-0.39, 0.29) is 16.7 Å². The Bertz CT molecular complexity index is 645. The zero-order valence-electron chi connectivity index (χ0n) is 16.1. The largest absolute Gasteiger partial charge is 0.395 e. The highest BCUT2D eigenvalue weighted by Crippen LogP contribution is 2.64. The second-order valence-corrected chi connectivity index (χ2v) is 9.51. The number of nitrogens with zero attached hydrogens (tertiary/aromatic N) is 1. The Kier molecular flexibility index (Phi) is 4.49. The first-order valence-corrected chi connectivity index (χ1v) is 10.3. The summed E-state index contributed by atoms with van der Waals surface area (Å²) in [5.74, 6) is 2.29. The van der Waals surface area contributed by atoms with Gasteiger partial charge in [-0.05, 0) is 61.7 Å². The lowest BCUT2D eigenvalue weighted by atomic mass is 9.45. The van der Waals surface area contributed by atoms with Gasteiger partial charge in [-0.1, -0.05) is 19.0 Å². The molecule has 0 amide bonds. The Morgan fingerprint density at radius 3 is 2.69 bits per heavy atom. The molecule has 0 aliphatic heterocycles. The van der Waals surface area contributed by atoms with Crippen molar-refractivity contribution in [3.05, 3.63) is 0 Å². The van der Waals surface area contributed by atoms with E-state index in [1.54, 1.807) is 0 Å². The first kappa shape index (κ1) is 18.1. The van der Waals surface area contributed by atoms with Gasteiger partial charge in [0.1, 0.15) is 18.2 Å². The fraction of sp³-hybridized carbons (Fsp3) is 0.857. The number of hydrogen-bond acceptors (Lipinski definition) is 5. The van der Waals surface area contributed by atoms with Gasteiger partial charge in [-0.3, -0.25) is 9.59 Å². The molecule has 6 atom stereocenters. The van der Waals surface area contributed by atoms with Gasteiger partial charge >= 0.3 is 0 Å². The van der Waals surface area contributed by atoms with Crippen molar-refractivity contribution in [2.75, 3.05) is 13.2 Å². The Morgan fingerprint density at radius 2 is 1.92 bits per heavy atom. The van der Waals surface area contributed by atoms with Crippen LogP contribution in [-0.2, 0) is 14.4 Å². The highest BCUT2D eigenvalue weighted by Gasteiger charge is 2.62. The summed E-state index contributed by atoms with van der Waals surface area (Å²) in [4.78, 5) is 30.9. The van der Waals surface area contributed by atoms with Crippen LogP contribution in [0.5, 0.6) is 0 Å². The molecule has 144 valence electrons. The van der Waals surface area contributed by atoms with E-state index in [2.05, 4.69) is 19.0 Å². The van der Waals surface area contributed by atoms with Gasteiger partial charge < -0.3 is 10.6 Å². The summed E-state index contributed by atoms with van der Waals surface area (Å²) in [6, 6.07) is 0. The van der Waals surface area contributed by atoms with Gasteiger partial charge in [0.15, 0.2) is 0 Å². The lowest BCUT2D eigenvalue weighted by Gasteiger charge is -2.58. The molecule has 5 nitrogen and oxygen atoms in total. The number of Topliss-reactive ketones (excluding diaryl/α,β-unsaturated/α-hetero) is 2. The van der Waals surface area contributed by atoms with Crippen molar-refractivity contribution in [2.45, 2.75) is 65.2 Å². The molecule has 4 aliphatic rings. The summed E-state index contributed by atoms with van der Waals surface area (Å²) < 4.78 is 0. The van der Waals surface area contributed by atoms with E-state index in [4.69, 9.17) is 10.6 Å². The standard InChI is InChI=1S/C21H32N2O3/c1-20-7-5-13(23-26-10-9-22)11-17(20)18(24)12-14-15-3-4-19(25)21(15,2)8-6-16(14)20/h14-17H,3-12,22H2,1-2H3/b23-13-/t14-,15-,16+,17?,20+,21-/m0/s1. The maximum atomic E-state index is 13.1. The topological polar surface area (TPSA) is 81.8 Å². The number of hydrogen-bond donors (Lipinski definition) is 1. The number of carbonyl (C=O) groups is 2. The average Bonchev–Trinajstić information content (AvgIpc) is 2.92. The number of rotatable bonds is 3. The quantitative estimate of drug-likeness (QED) is 0.619.